The molecule has 0 aliphatic carbocycles. The molecule has 1 aromatic rings. The maximum atomic E-state index is 12.3. The van der Waals surface area contributed by atoms with E-state index in [1.165, 1.54) is 0 Å². The lowest BCUT2D eigenvalue weighted by molar-refractivity contribution is -0.116. The average molecular weight is 473 g/mol. The predicted octanol–water partition coefficient (Wildman–Crippen LogP) is 2.67. The number of fused-ring (bicyclic) bond motifs is 1. The van der Waals surface area contributed by atoms with Crippen LogP contribution in [0.4, 0.5) is 16.2 Å². The van der Waals surface area contributed by atoms with Crippen LogP contribution in [0.1, 0.15) is 44.9 Å². The van der Waals surface area contributed by atoms with Crippen molar-refractivity contribution in [3.05, 3.63) is 24.3 Å². The molecule has 11 heteroatoms. The van der Waals surface area contributed by atoms with Gasteiger partial charge in [0.1, 0.15) is 0 Å². The molecule has 1 aromatic carbocycles. The lowest BCUT2D eigenvalue weighted by Gasteiger charge is -2.20. The van der Waals surface area contributed by atoms with Gasteiger partial charge in [0.25, 0.3) is 0 Å². The van der Waals surface area contributed by atoms with Crippen LogP contribution in [0.5, 0.6) is 0 Å². The molecule has 33 heavy (non-hydrogen) atoms. The molecule has 3 aliphatic heterocycles. The summed E-state index contributed by atoms with van der Waals surface area (Å²) in [6, 6.07) is 7.37. The Morgan fingerprint density at radius 2 is 1.76 bits per heavy atom. The highest BCUT2D eigenvalue weighted by atomic mass is 32.2. The SMILES string of the molecule is N=C(NC(=N)N1CCCC1)Nc1ccc(NC(=O)CCCCC2CC3NC(=O)NC3S2)cc1. The largest absolute Gasteiger partial charge is 0.343 e. The molecule has 3 aliphatic rings. The third-order valence-corrected chi connectivity index (χ3v) is 7.65. The number of likely N-dealkylation sites (tertiary alicyclic amines) is 1. The van der Waals surface area contributed by atoms with Crippen molar-refractivity contribution in [3.63, 3.8) is 0 Å². The summed E-state index contributed by atoms with van der Waals surface area (Å²) < 4.78 is 0. The molecule has 4 rings (SSSR count). The van der Waals surface area contributed by atoms with Crippen molar-refractivity contribution in [2.45, 2.75) is 61.6 Å². The Hall–Kier alpha value is -2.95. The molecule has 178 valence electrons. The number of guanidine groups is 2. The molecule has 3 atom stereocenters. The van der Waals surface area contributed by atoms with Crippen molar-refractivity contribution >= 4 is 47.0 Å². The van der Waals surface area contributed by atoms with Gasteiger partial charge in [-0.3, -0.25) is 20.9 Å². The first-order chi connectivity index (χ1) is 16.0. The molecule has 0 saturated carbocycles. The first-order valence-corrected chi connectivity index (χ1v) is 12.5. The van der Waals surface area contributed by atoms with Crippen LogP contribution in [0.2, 0.25) is 0 Å². The van der Waals surface area contributed by atoms with E-state index in [4.69, 9.17) is 10.8 Å². The van der Waals surface area contributed by atoms with E-state index in [2.05, 4.69) is 26.6 Å². The zero-order chi connectivity index (χ0) is 23.2. The molecule has 7 N–H and O–H groups in total. The van der Waals surface area contributed by atoms with Crippen LogP contribution in [-0.4, -0.2) is 58.5 Å². The number of carbonyl (C=O) groups is 2. The molecule has 3 fully saturated rings. The topological polar surface area (TPSA) is 145 Å². The van der Waals surface area contributed by atoms with Crippen molar-refractivity contribution < 1.29 is 9.59 Å². The van der Waals surface area contributed by atoms with Crippen molar-refractivity contribution in [2.24, 2.45) is 0 Å². The number of amides is 3. The molecule has 3 unspecified atom stereocenters. The maximum Gasteiger partial charge on any atom is 0.316 e. The summed E-state index contributed by atoms with van der Waals surface area (Å²) in [5.74, 6) is 0.284. The number of hydrogen-bond donors (Lipinski definition) is 7. The van der Waals surface area contributed by atoms with Gasteiger partial charge >= 0.3 is 6.03 Å². The summed E-state index contributed by atoms with van der Waals surface area (Å²) in [4.78, 5) is 25.5. The fraction of sp³-hybridized carbons (Fsp3) is 0.545. The van der Waals surface area contributed by atoms with E-state index in [0.717, 1.165) is 57.3 Å². The van der Waals surface area contributed by atoms with Crippen LogP contribution < -0.4 is 26.6 Å². The predicted molar refractivity (Wildman–Crippen MR) is 132 cm³/mol. The highest BCUT2D eigenvalue weighted by Crippen LogP contribution is 2.37. The van der Waals surface area contributed by atoms with E-state index in [9.17, 15) is 9.59 Å². The monoisotopic (exact) mass is 472 g/mol. The van der Waals surface area contributed by atoms with Crippen molar-refractivity contribution in [3.8, 4) is 0 Å². The van der Waals surface area contributed by atoms with Gasteiger partial charge in [0, 0.05) is 36.1 Å². The van der Waals surface area contributed by atoms with E-state index in [1.807, 2.05) is 16.7 Å². The van der Waals surface area contributed by atoms with E-state index in [0.29, 0.717) is 17.4 Å². The minimum absolute atomic E-state index is 0.00551. The number of urea groups is 1. The van der Waals surface area contributed by atoms with E-state index in [1.54, 1.807) is 24.3 Å². The normalized spacial score (nSPS) is 23.5. The van der Waals surface area contributed by atoms with Gasteiger partial charge < -0.3 is 26.2 Å². The van der Waals surface area contributed by atoms with Crippen LogP contribution in [0.3, 0.4) is 0 Å². The van der Waals surface area contributed by atoms with Gasteiger partial charge in [0.05, 0.1) is 11.4 Å². The van der Waals surface area contributed by atoms with Crippen molar-refractivity contribution in [2.75, 3.05) is 23.7 Å². The van der Waals surface area contributed by atoms with Gasteiger partial charge in [-0.2, -0.15) is 0 Å². The molecule has 0 aromatic heterocycles. The van der Waals surface area contributed by atoms with Crippen LogP contribution in [0.25, 0.3) is 0 Å². The van der Waals surface area contributed by atoms with Crippen LogP contribution >= 0.6 is 11.8 Å². The molecule has 10 nitrogen and oxygen atoms in total. The molecule has 3 heterocycles. The quantitative estimate of drug-likeness (QED) is 0.185. The molecule has 0 radical (unpaired) electrons. The summed E-state index contributed by atoms with van der Waals surface area (Å²) in [6.45, 7) is 1.70. The van der Waals surface area contributed by atoms with E-state index < -0.39 is 0 Å². The Morgan fingerprint density at radius 1 is 1.06 bits per heavy atom. The second-order valence-corrected chi connectivity index (χ2v) is 10.1. The first kappa shape index (κ1) is 23.2. The smallest absolute Gasteiger partial charge is 0.316 e. The molecule has 3 amide bonds. The molecular formula is C22H32N8O2S. The summed E-state index contributed by atoms with van der Waals surface area (Å²) in [5.41, 5.74) is 1.43. The second kappa shape index (κ2) is 10.8. The fourth-order valence-corrected chi connectivity index (χ4v) is 5.97. The summed E-state index contributed by atoms with van der Waals surface area (Å²) >= 11 is 1.83. The standard InChI is InChI=1S/C22H32N8O2S/c23-20(29-21(24)30-11-3-4-12-30)26-15-9-7-14(8-10-15)25-18(31)6-2-1-5-16-13-17-19(33-16)28-22(32)27-17/h7-10,16-17,19H,1-6,11-13H2,(H,25,31)(H2,27,28,32)(H4,23,24,26,29). The van der Waals surface area contributed by atoms with Gasteiger partial charge in [0.2, 0.25) is 5.91 Å². The highest BCUT2D eigenvalue weighted by Gasteiger charge is 2.40. The number of benzene rings is 1. The summed E-state index contributed by atoms with van der Waals surface area (Å²) in [6.07, 6.45) is 6.51. The van der Waals surface area contributed by atoms with Crippen molar-refractivity contribution in [1.29, 1.82) is 10.8 Å². The van der Waals surface area contributed by atoms with Gasteiger partial charge in [-0.1, -0.05) is 6.42 Å². The zero-order valence-electron chi connectivity index (χ0n) is 18.6. The van der Waals surface area contributed by atoms with Gasteiger partial charge in [-0.05, 0) is 56.4 Å². The Balaban J connectivity index is 1.10. The van der Waals surface area contributed by atoms with Gasteiger partial charge in [0.15, 0.2) is 11.9 Å². The van der Waals surface area contributed by atoms with Gasteiger partial charge in [-0.15, -0.1) is 11.8 Å². The van der Waals surface area contributed by atoms with E-state index in [-0.39, 0.29) is 35.3 Å². The third-order valence-electron chi connectivity index (χ3n) is 6.09. The zero-order valence-corrected chi connectivity index (χ0v) is 19.4. The Bertz CT molecular complexity index is 871. The second-order valence-electron chi connectivity index (χ2n) is 8.68. The van der Waals surface area contributed by atoms with Gasteiger partial charge in [-0.25, -0.2) is 4.79 Å². The number of rotatable bonds is 7. The number of anilines is 2. The van der Waals surface area contributed by atoms with Crippen molar-refractivity contribution in [1.82, 2.24) is 20.9 Å². The maximum absolute atomic E-state index is 12.3. The lowest BCUT2D eigenvalue weighted by atomic mass is 10.1. The molecular weight excluding hydrogens is 440 g/mol. The first-order valence-electron chi connectivity index (χ1n) is 11.5. The number of unbranched alkanes of at least 4 members (excludes halogenated alkanes) is 1. The lowest BCUT2D eigenvalue weighted by Crippen LogP contribution is -2.44. The summed E-state index contributed by atoms with van der Waals surface area (Å²) in [7, 11) is 0. The number of carbonyl (C=O) groups excluding carboxylic acids is 2. The minimum atomic E-state index is -0.0654. The molecule has 0 bridgehead atoms. The minimum Gasteiger partial charge on any atom is -0.343 e. The number of hydrogen-bond acceptors (Lipinski definition) is 5. The number of thioether (sulfide) groups is 1. The molecule has 0 spiro atoms. The number of nitrogens with one attached hydrogen (secondary N) is 7. The van der Waals surface area contributed by atoms with Crippen LogP contribution in [0, 0.1) is 10.8 Å². The van der Waals surface area contributed by atoms with E-state index >= 15 is 0 Å². The molecule has 3 saturated heterocycles. The Kier molecular flexibility index (Phi) is 7.58. The Morgan fingerprint density at radius 3 is 2.45 bits per heavy atom. The highest BCUT2D eigenvalue weighted by molar-refractivity contribution is 8.00. The average Bonchev–Trinajstić information content (AvgIpc) is 3.49. The third kappa shape index (κ3) is 6.53. The fourth-order valence-electron chi connectivity index (χ4n) is 4.39. The van der Waals surface area contributed by atoms with Crippen LogP contribution in [-0.2, 0) is 4.79 Å². The van der Waals surface area contributed by atoms with Crippen LogP contribution in [0.15, 0.2) is 24.3 Å². The number of nitrogens with zero attached hydrogens (tertiary/aromatic N) is 1. The Labute approximate surface area is 198 Å². The summed E-state index contributed by atoms with van der Waals surface area (Å²) in [5, 5.41) is 31.2.